The molecule has 0 radical (unpaired) electrons. The van der Waals surface area contributed by atoms with E-state index in [0.29, 0.717) is 5.56 Å². The van der Waals surface area contributed by atoms with Crippen LogP contribution >= 0.6 is 11.6 Å². The number of anilines is 1. The number of nitrogen functional groups attached to an aromatic ring is 1. The summed E-state index contributed by atoms with van der Waals surface area (Å²) in [6.45, 7) is 1.60. The second kappa shape index (κ2) is 5.54. The minimum Gasteiger partial charge on any atom is -0.397 e. The van der Waals surface area contributed by atoms with Crippen LogP contribution < -0.4 is 10.9 Å². The zero-order chi connectivity index (χ0) is 16.7. The molecule has 22 heavy (non-hydrogen) atoms. The van der Waals surface area contributed by atoms with Crippen LogP contribution in [0.25, 0.3) is 0 Å². The highest BCUT2D eigenvalue weighted by molar-refractivity contribution is 7.93. The molecule has 0 saturated heterocycles. The largest absolute Gasteiger partial charge is 0.397 e. The van der Waals surface area contributed by atoms with Crippen molar-refractivity contribution < 1.29 is 16.8 Å². The summed E-state index contributed by atoms with van der Waals surface area (Å²) in [6.07, 6.45) is 0. The molecule has 2 aromatic rings. The third-order valence-corrected chi connectivity index (χ3v) is 6.42. The quantitative estimate of drug-likeness (QED) is 0.807. The number of benzene rings is 2. The Hall–Kier alpha value is -1.61. The van der Waals surface area contributed by atoms with E-state index < -0.39 is 29.7 Å². The summed E-state index contributed by atoms with van der Waals surface area (Å²) in [5.74, 6) is 0. The van der Waals surface area contributed by atoms with Crippen molar-refractivity contribution in [2.45, 2.75) is 21.6 Å². The van der Waals surface area contributed by atoms with Gasteiger partial charge >= 0.3 is 0 Å². The van der Waals surface area contributed by atoms with Gasteiger partial charge in [-0.25, -0.2) is 22.0 Å². The van der Waals surface area contributed by atoms with Gasteiger partial charge in [0.2, 0.25) is 19.9 Å². The average Bonchev–Trinajstić information content (AvgIpc) is 2.43. The van der Waals surface area contributed by atoms with Gasteiger partial charge in [0.15, 0.2) is 0 Å². The molecule has 2 rings (SSSR count). The zero-order valence-electron chi connectivity index (χ0n) is 11.4. The number of rotatable bonds is 3. The van der Waals surface area contributed by atoms with Gasteiger partial charge in [-0.05, 0) is 36.8 Å². The average molecular weight is 361 g/mol. The first kappa shape index (κ1) is 16.8. The first-order chi connectivity index (χ1) is 10.0. The summed E-state index contributed by atoms with van der Waals surface area (Å²) in [7, 11) is -8.30. The standard InChI is InChI=1S/C13H13ClN2O4S2/c1-8-6-9(7-10(15)13(8)14)21(17,18)11-4-2-3-5-12(11)22(16,19)20/h2-7H,15H2,1H3,(H2,16,19,20). The van der Waals surface area contributed by atoms with Gasteiger partial charge in [0.1, 0.15) is 4.90 Å². The van der Waals surface area contributed by atoms with Crippen molar-refractivity contribution in [2.75, 3.05) is 5.73 Å². The summed E-state index contributed by atoms with van der Waals surface area (Å²) >= 11 is 5.91. The molecule has 0 amide bonds. The third kappa shape index (κ3) is 2.95. The maximum atomic E-state index is 12.7. The minimum absolute atomic E-state index is 0.0910. The Bertz CT molecular complexity index is 931. The van der Waals surface area contributed by atoms with Crippen molar-refractivity contribution in [3.8, 4) is 0 Å². The Balaban J connectivity index is 2.78. The van der Waals surface area contributed by atoms with Gasteiger partial charge in [0, 0.05) is 0 Å². The van der Waals surface area contributed by atoms with Crippen molar-refractivity contribution in [3.05, 3.63) is 47.0 Å². The molecule has 9 heteroatoms. The Morgan fingerprint density at radius 3 is 2.05 bits per heavy atom. The smallest absolute Gasteiger partial charge is 0.239 e. The Morgan fingerprint density at radius 1 is 1.00 bits per heavy atom. The molecule has 0 aliphatic rings. The molecule has 0 bridgehead atoms. The van der Waals surface area contributed by atoms with Crippen LogP contribution in [-0.2, 0) is 19.9 Å². The molecular weight excluding hydrogens is 348 g/mol. The molecule has 6 nitrogen and oxygen atoms in total. The maximum absolute atomic E-state index is 12.7. The molecule has 0 aliphatic carbocycles. The normalized spacial score (nSPS) is 12.3. The lowest BCUT2D eigenvalue weighted by molar-refractivity contribution is 0.583. The number of sulfone groups is 1. The van der Waals surface area contributed by atoms with Gasteiger partial charge in [-0.2, -0.15) is 0 Å². The minimum atomic E-state index is -4.19. The fourth-order valence-electron chi connectivity index (χ4n) is 1.95. The second-order valence-corrected chi connectivity index (χ2v) is 8.46. The SMILES string of the molecule is Cc1cc(S(=O)(=O)c2ccccc2S(N)(=O)=O)cc(N)c1Cl. The summed E-state index contributed by atoms with van der Waals surface area (Å²) < 4.78 is 48.6. The first-order valence-electron chi connectivity index (χ1n) is 5.97. The molecule has 0 fully saturated rings. The lowest BCUT2D eigenvalue weighted by atomic mass is 10.2. The van der Waals surface area contributed by atoms with Crippen molar-refractivity contribution in [1.29, 1.82) is 0 Å². The number of aryl methyl sites for hydroxylation is 1. The highest BCUT2D eigenvalue weighted by atomic mass is 35.5. The van der Waals surface area contributed by atoms with Crippen LogP contribution in [0.3, 0.4) is 0 Å². The van der Waals surface area contributed by atoms with Crippen LogP contribution in [0.5, 0.6) is 0 Å². The molecule has 0 unspecified atom stereocenters. The summed E-state index contributed by atoms with van der Waals surface area (Å²) in [6, 6.07) is 7.62. The van der Waals surface area contributed by atoms with Crippen LogP contribution in [0, 0.1) is 6.92 Å². The Kier molecular flexibility index (Phi) is 4.22. The molecule has 0 aliphatic heterocycles. The summed E-state index contributed by atoms with van der Waals surface area (Å²) in [4.78, 5) is -1.03. The highest BCUT2D eigenvalue weighted by Gasteiger charge is 2.26. The Labute approximate surface area is 133 Å². The van der Waals surface area contributed by atoms with Crippen molar-refractivity contribution >= 4 is 37.1 Å². The predicted octanol–water partition coefficient (Wildman–Crippen LogP) is 1.71. The molecule has 0 saturated carbocycles. The highest BCUT2D eigenvalue weighted by Crippen LogP contribution is 2.32. The van der Waals surface area contributed by atoms with E-state index in [1.54, 1.807) is 6.92 Å². The lowest BCUT2D eigenvalue weighted by Gasteiger charge is -2.11. The van der Waals surface area contributed by atoms with Crippen LogP contribution in [-0.4, -0.2) is 16.8 Å². The predicted molar refractivity (Wildman–Crippen MR) is 83.9 cm³/mol. The zero-order valence-corrected chi connectivity index (χ0v) is 13.8. The van der Waals surface area contributed by atoms with Gasteiger partial charge in [-0.1, -0.05) is 23.7 Å². The third-order valence-electron chi connectivity index (χ3n) is 3.01. The van der Waals surface area contributed by atoms with E-state index in [1.807, 2.05) is 0 Å². The maximum Gasteiger partial charge on any atom is 0.239 e. The first-order valence-corrected chi connectivity index (χ1v) is 9.38. The molecule has 0 aromatic heterocycles. The van der Waals surface area contributed by atoms with Crippen molar-refractivity contribution in [1.82, 2.24) is 0 Å². The van der Waals surface area contributed by atoms with E-state index in [2.05, 4.69) is 0 Å². The summed E-state index contributed by atoms with van der Waals surface area (Å²) in [5.41, 5.74) is 6.24. The van der Waals surface area contributed by atoms with Crippen LogP contribution in [0.1, 0.15) is 5.56 Å². The van der Waals surface area contributed by atoms with E-state index in [1.165, 1.54) is 30.3 Å². The number of hydrogen-bond donors (Lipinski definition) is 2. The Morgan fingerprint density at radius 2 is 1.55 bits per heavy atom. The molecule has 4 N–H and O–H groups in total. The van der Waals surface area contributed by atoms with E-state index in [-0.39, 0.29) is 15.6 Å². The molecule has 0 heterocycles. The topological polar surface area (TPSA) is 120 Å². The monoisotopic (exact) mass is 360 g/mol. The molecule has 0 spiro atoms. The van der Waals surface area contributed by atoms with E-state index in [9.17, 15) is 16.8 Å². The second-order valence-electron chi connectivity index (χ2n) is 4.64. The lowest BCUT2D eigenvalue weighted by Crippen LogP contribution is -2.17. The number of halogens is 1. The molecule has 0 atom stereocenters. The molecular formula is C13H13ClN2O4S2. The number of primary sulfonamides is 1. The number of nitrogens with two attached hydrogens (primary N) is 2. The molecule has 2 aromatic carbocycles. The van der Waals surface area contributed by atoms with Crippen molar-refractivity contribution in [3.63, 3.8) is 0 Å². The van der Waals surface area contributed by atoms with Crippen LogP contribution in [0.15, 0.2) is 51.1 Å². The van der Waals surface area contributed by atoms with Crippen molar-refractivity contribution in [2.24, 2.45) is 5.14 Å². The van der Waals surface area contributed by atoms with Gasteiger partial charge in [-0.3, -0.25) is 0 Å². The fraction of sp³-hybridized carbons (Fsp3) is 0.0769. The van der Waals surface area contributed by atoms with E-state index >= 15 is 0 Å². The molecule has 118 valence electrons. The van der Waals surface area contributed by atoms with Gasteiger partial charge < -0.3 is 5.73 Å². The van der Waals surface area contributed by atoms with Gasteiger partial charge in [-0.15, -0.1) is 0 Å². The number of sulfonamides is 1. The van der Waals surface area contributed by atoms with Gasteiger partial charge in [0.05, 0.1) is 20.5 Å². The summed E-state index contributed by atoms with van der Waals surface area (Å²) in [5, 5.41) is 5.33. The van der Waals surface area contributed by atoms with E-state index in [4.69, 9.17) is 22.5 Å². The van der Waals surface area contributed by atoms with Gasteiger partial charge in [0.25, 0.3) is 0 Å². The van der Waals surface area contributed by atoms with Crippen LogP contribution in [0.2, 0.25) is 5.02 Å². The van der Waals surface area contributed by atoms with E-state index in [0.717, 1.165) is 6.07 Å². The number of hydrogen-bond acceptors (Lipinski definition) is 5. The fourth-order valence-corrected chi connectivity index (χ4v) is 4.81. The van der Waals surface area contributed by atoms with Crippen LogP contribution in [0.4, 0.5) is 5.69 Å².